The summed E-state index contributed by atoms with van der Waals surface area (Å²) in [6.07, 6.45) is 5.17. The van der Waals surface area contributed by atoms with Crippen LogP contribution in [0.1, 0.15) is 109 Å². The van der Waals surface area contributed by atoms with Crippen LogP contribution >= 0.6 is 0 Å². The van der Waals surface area contributed by atoms with Gasteiger partial charge in [-0.05, 0) is 59.2 Å². The second-order valence-electron chi connectivity index (χ2n) is 11.1. The van der Waals surface area contributed by atoms with Crippen LogP contribution in [-0.4, -0.2) is 33.8 Å². The summed E-state index contributed by atoms with van der Waals surface area (Å²) >= 11 is 0. The van der Waals surface area contributed by atoms with E-state index in [0.717, 1.165) is 39.8 Å². The Balaban J connectivity index is 6.51. The van der Waals surface area contributed by atoms with Gasteiger partial charge in [0.1, 0.15) is 16.5 Å². The molecule has 0 aromatic rings. The van der Waals surface area contributed by atoms with Crippen molar-refractivity contribution in [3.05, 3.63) is 0 Å². The summed E-state index contributed by atoms with van der Waals surface area (Å²) in [5.41, 5.74) is 10.5. The third-order valence-corrected chi connectivity index (χ3v) is 23.6. The molecule has 0 saturated heterocycles. The first-order valence-corrected chi connectivity index (χ1v) is 16.7. The SMILES string of the molecule is CC(C)[Si](C(C)C)(C(C)C)N(CCCCCCN)[Si](C(C)C)(C(C)C)C(C)C. The van der Waals surface area contributed by atoms with Crippen molar-refractivity contribution in [2.24, 2.45) is 5.73 Å². The number of rotatable bonds is 14. The predicted octanol–water partition coefficient (Wildman–Crippen LogP) is 8.16. The number of hydrogen-bond acceptors (Lipinski definition) is 2. The highest BCUT2D eigenvalue weighted by Gasteiger charge is 2.58. The monoisotopic (exact) mass is 428 g/mol. The molecule has 0 aliphatic heterocycles. The Hall–Kier alpha value is 0.354. The molecule has 0 rings (SSSR count). The van der Waals surface area contributed by atoms with Crippen LogP contribution < -0.4 is 5.73 Å². The fourth-order valence-corrected chi connectivity index (χ4v) is 27.5. The number of unbranched alkanes of at least 4 members (excludes halogenated alkanes) is 3. The Kier molecular flexibility index (Phi) is 12.4. The lowest BCUT2D eigenvalue weighted by Gasteiger charge is -2.63. The van der Waals surface area contributed by atoms with E-state index in [1.165, 1.54) is 32.2 Å². The zero-order chi connectivity index (χ0) is 22.3. The van der Waals surface area contributed by atoms with Crippen molar-refractivity contribution in [3.8, 4) is 0 Å². The zero-order valence-corrected chi connectivity index (χ0v) is 23.7. The minimum atomic E-state index is -1.68. The number of nitrogens with two attached hydrogens (primary N) is 1. The van der Waals surface area contributed by atoms with E-state index in [1.54, 1.807) is 0 Å². The summed E-state index contributed by atoms with van der Waals surface area (Å²) in [5, 5.41) is 0. The highest BCUT2D eigenvalue weighted by molar-refractivity contribution is 6.96. The van der Waals surface area contributed by atoms with E-state index >= 15 is 0 Å². The Morgan fingerprint density at radius 1 is 0.500 bits per heavy atom. The molecule has 28 heavy (non-hydrogen) atoms. The van der Waals surface area contributed by atoms with Gasteiger partial charge in [-0.2, -0.15) is 0 Å². The van der Waals surface area contributed by atoms with Gasteiger partial charge in [0.15, 0.2) is 0 Å². The first-order chi connectivity index (χ1) is 12.9. The average molecular weight is 429 g/mol. The Morgan fingerprint density at radius 2 is 0.786 bits per heavy atom. The topological polar surface area (TPSA) is 29.3 Å². The molecule has 2 N–H and O–H groups in total. The van der Waals surface area contributed by atoms with Crippen molar-refractivity contribution in [2.45, 2.75) is 142 Å². The lowest BCUT2D eigenvalue weighted by Crippen LogP contribution is -2.73. The second-order valence-corrected chi connectivity index (χ2v) is 23.1. The fraction of sp³-hybridized carbons (Fsp3) is 1.00. The molecule has 0 atom stereocenters. The van der Waals surface area contributed by atoms with Crippen LogP contribution in [-0.2, 0) is 0 Å². The smallest absolute Gasteiger partial charge is 0.129 e. The van der Waals surface area contributed by atoms with Crippen LogP contribution in [0.2, 0.25) is 33.2 Å². The van der Waals surface area contributed by atoms with Gasteiger partial charge in [-0.25, -0.2) is 0 Å². The maximum Gasteiger partial charge on any atom is 0.129 e. The molecule has 0 aliphatic carbocycles. The van der Waals surface area contributed by atoms with Crippen LogP contribution in [0.3, 0.4) is 0 Å². The first kappa shape index (κ1) is 28.4. The maximum atomic E-state index is 5.75. The number of nitrogens with zero attached hydrogens (tertiary/aromatic N) is 1. The van der Waals surface area contributed by atoms with Gasteiger partial charge in [-0.15, -0.1) is 0 Å². The second kappa shape index (κ2) is 12.3. The van der Waals surface area contributed by atoms with E-state index in [2.05, 4.69) is 87.3 Å². The van der Waals surface area contributed by atoms with Crippen LogP contribution in [0.15, 0.2) is 0 Å². The Morgan fingerprint density at radius 3 is 1.04 bits per heavy atom. The molecular formula is C24H56N2Si2. The Labute approximate surface area is 181 Å². The van der Waals surface area contributed by atoms with E-state index in [-0.39, 0.29) is 0 Å². The summed E-state index contributed by atoms with van der Waals surface area (Å²) in [7, 11) is -3.36. The molecule has 0 saturated carbocycles. The van der Waals surface area contributed by atoms with Crippen molar-refractivity contribution in [1.82, 2.24) is 4.23 Å². The largest absolute Gasteiger partial charge is 0.344 e. The molecule has 0 aromatic heterocycles. The predicted molar refractivity (Wildman–Crippen MR) is 136 cm³/mol. The molecular weight excluding hydrogens is 372 g/mol. The molecule has 0 radical (unpaired) electrons. The van der Waals surface area contributed by atoms with E-state index in [4.69, 9.17) is 5.73 Å². The third-order valence-electron chi connectivity index (χ3n) is 7.82. The molecule has 0 aromatic carbocycles. The summed E-state index contributed by atoms with van der Waals surface area (Å²) in [5.74, 6) is 0. The molecule has 170 valence electrons. The van der Waals surface area contributed by atoms with E-state index in [9.17, 15) is 0 Å². The van der Waals surface area contributed by atoms with E-state index in [1.807, 2.05) is 0 Å². The van der Waals surface area contributed by atoms with Crippen molar-refractivity contribution in [3.63, 3.8) is 0 Å². The molecule has 0 unspecified atom stereocenters. The van der Waals surface area contributed by atoms with E-state index in [0.29, 0.717) is 0 Å². The molecule has 0 fully saturated rings. The molecule has 4 heteroatoms. The minimum absolute atomic E-state index is 0.791. The Bertz CT molecular complexity index is 341. The molecule has 0 amide bonds. The lowest BCUT2D eigenvalue weighted by molar-refractivity contribution is 0.471. The third kappa shape index (κ3) is 5.53. The normalized spacial score (nSPS) is 14.1. The molecule has 0 bridgehead atoms. The fourth-order valence-electron chi connectivity index (χ4n) is 7.36. The van der Waals surface area contributed by atoms with Crippen LogP contribution in [0, 0.1) is 0 Å². The maximum absolute atomic E-state index is 5.75. The summed E-state index contributed by atoms with van der Waals surface area (Å²) < 4.78 is 3.32. The molecule has 2 nitrogen and oxygen atoms in total. The van der Waals surface area contributed by atoms with Gasteiger partial charge in [0.25, 0.3) is 0 Å². The number of hydrogen-bond donors (Lipinski definition) is 1. The van der Waals surface area contributed by atoms with Gasteiger partial charge in [-0.3, -0.25) is 0 Å². The quantitative estimate of drug-likeness (QED) is 0.223. The summed E-state index contributed by atoms with van der Waals surface area (Å²) in [4.78, 5) is 0. The van der Waals surface area contributed by atoms with Gasteiger partial charge in [0, 0.05) is 0 Å². The summed E-state index contributed by atoms with van der Waals surface area (Å²) in [6.45, 7) is 32.8. The van der Waals surface area contributed by atoms with Crippen LogP contribution in [0.25, 0.3) is 0 Å². The first-order valence-electron chi connectivity index (χ1n) is 12.3. The van der Waals surface area contributed by atoms with Crippen molar-refractivity contribution in [1.29, 1.82) is 0 Å². The average Bonchev–Trinajstić information content (AvgIpc) is 2.53. The molecule has 0 heterocycles. The van der Waals surface area contributed by atoms with Crippen LogP contribution in [0.4, 0.5) is 0 Å². The van der Waals surface area contributed by atoms with Crippen molar-refractivity contribution < 1.29 is 0 Å². The van der Waals surface area contributed by atoms with Gasteiger partial charge < -0.3 is 9.96 Å². The van der Waals surface area contributed by atoms with Gasteiger partial charge in [0.05, 0.1) is 0 Å². The summed E-state index contributed by atoms with van der Waals surface area (Å²) in [6, 6.07) is 0. The molecule has 0 spiro atoms. The van der Waals surface area contributed by atoms with Crippen molar-refractivity contribution >= 4 is 16.5 Å². The zero-order valence-electron chi connectivity index (χ0n) is 21.7. The highest BCUT2D eigenvalue weighted by atomic mass is 28.4. The lowest BCUT2D eigenvalue weighted by atomic mass is 10.2. The minimum Gasteiger partial charge on any atom is -0.344 e. The van der Waals surface area contributed by atoms with Crippen molar-refractivity contribution in [2.75, 3.05) is 13.1 Å². The van der Waals surface area contributed by atoms with Gasteiger partial charge in [-0.1, -0.05) is 95.9 Å². The molecule has 0 aliphatic rings. The standard InChI is InChI=1S/C24H56N2Si2/c1-19(2)27(20(3)4,21(5)6)26(18-16-14-13-15-17-25)28(22(7)8,23(9)10)24(11)12/h19-24H,13-18,25H2,1-12H3. The van der Waals surface area contributed by atoms with E-state index < -0.39 is 16.5 Å². The highest BCUT2D eigenvalue weighted by Crippen LogP contribution is 2.53. The van der Waals surface area contributed by atoms with Gasteiger partial charge in [0.2, 0.25) is 0 Å². The van der Waals surface area contributed by atoms with Crippen LogP contribution in [0.5, 0.6) is 0 Å². The van der Waals surface area contributed by atoms with Gasteiger partial charge >= 0.3 is 0 Å².